The number of hydrogen-bond donors (Lipinski definition) is 1. The Kier molecular flexibility index (Phi) is 3.96. The Morgan fingerprint density at radius 3 is 2.73 bits per heavy atom. The first-order chi connectivity index (χ1) is 10.6. The molecule has 1 saturated heterocycles. The summed E-state index contributed by atoms with van der Waals surface area (Å²) in [6.07, 6.45) is 0.0116. The summed E-state index contributed by atoms with van der Waals surface area (Å²) in [6, 6.07) is 13.3. The van der Waals surface area contributed by atoms with Crippen molar-refractivity contribution < 1.29 is 9.53 Å². The van der Waals surface area contributed by atoms with Gasteiger partial charge in [-0.05, 0) is 37.6 Å². The van der Waals surface area contributed by atoms with Gasteiger partial charge in [-0.25, -0.2) is 9.78 Å². The molecule has 1 N–H and O–H groups in total. The molecule has 1 fully saturated rings. The van der Waals surface area contributed by atoms with Gasteiger partial charge < -0.3 is 15.0 Å². The van der Waals surface area contributed by atoms with E-state index in [1.807, 2.05) is 56.3 Å². The molecule has 0 radical (unpaired) electrons. The molecule has 2 amide bonds. The number of urea groups is 1. The number of benzene rings is 1. The molecular formula is C17H19N3O2. The summed E-state index contributed by atoms with van der Waals surface area (Å²) >= 11 is 0. The van der Waals surface area contributed by atoms with E-state index in [0.29, 0.717) is 19.0 Å². The maximum absolute atomic E-state index is 12.1. The third-order valence-electron chi connectivity index (χ3n) is 3.55. The Morgan fingerprint density at radius 1 is 1.23 bits per heavy atom. The van der Waals surface area contributed by atoms with Crippen molar-refractivity contribution in [1.29, 1.82) is 0 Å². The second-order valence-electron chi connectivity index (χ2n) is 5.56. The second-order valence-corrected chi connectivity index (χ2v) is 5.56. The number of pyridine rings is 1. The van der Waals surface area contributed by atoms with Crippen LogP contribution in [0.2, 0.25) is 0 Å². The number of amides is 2. The zero-order valence-corrected chi connectivity index (χ0v) is 12.7. The fourth-order valence-corrected chi connectivity index (χ4v) is 2.36. The van der Waals surface area contributed by atoms with Gasteiger partial charge in [0.05, 0.1) is 13.1 Å². The predicted octanol–water partition coefficient (Wildman–Crippen LogP) is 2.99. The van der Waals surface area contributed by atoms with Crippen LogP contribution in [0.1, 0.15) is 11.3 Å². The van der Waals surface area contributed by atoms with Crippen LogP contribution in [-0.2, 0) is 0 Å². The summed E-state index contributed by atoms with van der Waals surface area (Å²) in [5.74, 6) is 0.615. The Balaban J connectivity index is 1.49. The normalized spacial score (nSPS) is 14.4. The first-order valence-electron chi connectivity index (χ1n) is 7.33. The zero-order valence-electron chi connectivity index (χ0n) is 12.7. The predicted molar refractivity (Wildman–Crippen MR) is 85.2 cm³/mol. The fraction of sp³-hybridized carbons (Fsp3) is 0.294. The molecule has 2 aromatic rings. The number of nitrogens with one attached hydrogen (secondary N) is 1. The van der Waals surface area contributed by atoms with Crippen molar-refractivity contribution in [2.24, 2.45) is 0 Å². The minimum absolute atomic E-state index is 0.0116. The Morgan fingerprint density at radius 2 is 2.00 bits per heavy atom. The first kappa shape index (κ1) is 14.4. The maximum atomic E-state index is 12.1. The van der Waals surface area contributed by atoms with Gasteiger partial charge in [-0.1, -0.05) is 18.2 Å². The molecule has 5 nitrogen and oxygen atoms in total. The number of nitrogens with zero attached hydrogens (tertiary/aromatic N) is 2. The molecule has 3 rings (SSSR count). The van der Waals surface area contributed by atoms with Gasteiger partial charge in [-0.3, -0.25) is 0 Å². The van der Waals surface area contributed by atoms with Crippen LogP contribution in [0.15, 0.2) is 42.5 Å². The smallest absolute Gasteiger partial charge is 0.322 e. The van der Waals surface area contributed by atoms with Crippen LogP contribution in [0.3, 0.4) is 0 Å². The molecule has 2 heterocycles. The average molecular weight is 297 g/mol. The van der Waals surface area contributed by atoms with Crippen LogP contribution in [0.4, 0.5) is 10.5 Å². The van der Waals surface area contributed by atoms with Crippen molar-refractivity contribution >= 4 is 11.7 Å². The Hall–Kier alpha value is -2.56. The summed E-state index contributed by atoms with van der Waals surface area (Å²) < 4.78 is 5.75. The molecule has 1 aromatic carbocycles. The van der Waals surface area contributed by atoms with E-state index in [1.165, 1.54) is 0 Å². The molecule has 0 atom stereocenters. The largest absolute Gasteiger partial charge is 0.471 e. The minimum Gasteiger partial charge on any atom is -0.471 e. The molecule has 114 valence electrons. The van der Waals surface area contributed by atoms with E-state index in [2.05, 4.69) is 10.3 Å². The van der Waals surface area contributed by atoms with E-state index in [-0.39, 0.29) is 12.1 Å². The number of rotatable bonds is 3. The summed E-state index contributed by atoms with van der Waals surface area (Å²) in [5, 5.41) is 2.89. The second kappa shape index (κ2) is 6.05. The van der Waals surface area contributed by atoms with E-state index in [1.54, 1.807) is 4.90 Å². The van der Waals surface area contributed by atoms with Crippen LogP contribution in [0.25, 0.3) is 0 Å². The van der Waals surface area contributed by atoms with Gasteiger partial charge in [-0.15, -0.1) is 0 Å². The highest BCUT2D eigenvalue weighted by molar-refractivity contribution is 5.90. The number of likely N-dealkylation sites (tertiary alicyclic amines) is 1. The van der Waals surface area contributed by atoms with Crippen molar-refractivity contribution in [2.75, 3.05) is 18.4 Å². The molecule has 1 aromatic heterocycles. The van der Waals surface area contributed by atoms with Crippen molar-refractivity contribution in [3.05, 3.63) is 53.7 Å². The molecular weight excluding hydrogens is 278 g/mol. The summed E-state index contributed by atoms with van der Waals surface area (Å²) in [6.45, 7) is 5.08. The van der Waals surface area contributed by atoms with E-state index < -0.39 is 0 Å². The van der Waals surface area contributed by atoms with Crippen molar-refractivity contribution in [2.45, 2.75) is 20.0 Å². The van der Waals surface area contributed by atoms with Gasteiger partial charge >= 0.3 is 6.03 Å². The molecule has 0 unspecified atom stereocenters. The van der Waals surface area contributed by atoms with Gasteiger partial charge in [0.1, 0.15) is 6.10 Å². The molecule has 1 aliphatic heterocycles. The Bertz CT molecular complexity index is 681. The average Bonchev–Trinajstić information content (AvgIpc) is 2.42. The number of ether oxygens (including phenoxy) is 1. The minimum atomic E-state index is -0.0948. The molecule has 0 saturated carbocycles. The van der Waals surface area contributed by atoms with E-state index in [9.17, 15) is 4.79 Å². The molecule has 22 heavy (non-hydrogen) atoms. The number of anilines is 1. The highest BCUT2D eigenvalue weighted by atomic mass is 16.5. The monoisotopic (exact) mass is 297 g/mol. The third kappa shape index (κ3) is 3.36. The molecule has 5 heteroatoms. The highest BCUT2D eigenvalue weighted by Crippen LogP contribution is 2.18. The Labute approximate surface area is 129 Å². The lowest BCUT2D eigenvalue weighted by Gasteiger charge is -2.38. The van der Waals surface area contributed by atoms with Crippen LogP contribution < -0.4 is 10.1 Å². The topological polar surface area (TPSA) is 54.5 Å². The number of aromatic nitrogens is 1. The highest BCUT2D eigenvalue weighted by Gasteiger charge is 2.32. The summed E-state index contributed by atoms with van der Waals surface area (Å²) in [4.78, 5) is 18.1. The number of aryl methyl sites for hydroxylation is 2. The van der Waals surface area contributed by atoms with Crippen molar-refractivity contribution in [3.8, 4) is 5.88 Å². The van der Waals surface area contributed by atoms with Crippen molar-refractivity contribution in [1.82, 2.24) is 9.88 Å². The lowest BCUT2D eigenvalue weighted by Crippen LogP contribution is -2.57. The fourth-order valence-electron chi connectivity index (χ4n) is 2.36. The third-order valence-corrected chi connectivity index (χ3v) is 3.55. The summed E-state index contributed by atoms with van der Waals surface area (Å²) in [7, 11) is 0. The number of hydrogen-bond acceptors (Lipinski definition) is 3. The van der Waals surface area contributed by atoms with Crippen LogP contribution in [0, 0.1) is 13.8 Å². The maximum Gasteiger partial charge on any atom is 0.322 e. The number of carbonyl (C=O) groups excluding carboxylic acids is 1. The first-order valence-corrected chi connectivity index (χ1v) is 7.33. The van der Waals surface area contributed by atoms with Crippen LogP contribution in [-0.4, -0.2) is 35.1 Å². The molecule has 0 spiro atoms. The SMILES string of the molecule is Cc1cccc(NC(=O)N2CC(Oc3cccc(C)n3)C2)c1. The van der Waals surface area contributed by atoms with Gasteiger partial charge in [0.25, 0.3) is 0 Å². The lowest BCUT2D eigenvalue weighted by molar-refractivity contribution is 0.0460. The van der Waals surface area contributed by atoms with Gasteiger partial charge in [-0.2, -0.15) is 0 Å². The zero-order chi connectivity index (χ0) is 15.5. The van der Waals surface area contributed by atoms with Crippen LogP contribution >= 0.6 is 0 Å². The van der Waals surface area contributed by atoms with Crippen LogP contribution in [0.5, 0.6) is 5.88 Å². The number of carbonyl (C=O) groups is 1. The lowest BCUT2D eigenvalue weighted by atomic mass is 10.2. The van der Waals surface area contributed by atoms with Gasteiger partial charge in [0, 0.05) is 17.4 Å². The van der Waals surface area contributed by atoms with Gasteiger partial charge in [0.15, 0.2) is 0 Å². The van der Waals surface area contributed by atoms with E-state index in [0.717, 1.165) is 16.9 Å². The van der Waals surface area contributed by atoms with Gasteiger partial charge in [0.2, 0.25) is 5.88 Å². The quantitative estimate of drug-likeness (QED) is 0.947. The molecule has 0 bridgehead atoms. The van der Waals surface area contributed by atoms with E-state index >= 15 is 0 Å². The van der Waals surface area contributed by atoms with Crippen molar-refractivity contribution in [3.63, 3.8) is 0 Å². The summed E-state index contributed by atoms with van der Waals surface area (Å²) in [5.41, 5.74) is 2.86. The van der Waals surface area contributed by atoms with E-state index in [4.69, 9.17) is 4.74 Å². The standard InChI is InChI=1S/C17H19N3O2/c1-12-5-3-7-14(9-12)19-17(21)20-10-15(11-20)22-16-8-4-6-13(2)18-16/h3-9,15H,10-11H2,1-2H3,(H,19,21). The molecule has 0 aliphatic carbocycles. The molecule has 1 aliphatic rings.